The molecule has 4 rings (SSSR count). The summed E-state index contributed by atoms with van der Waals surface area (Å²) in [5.74, 6) is 1.34. The molecule has 10 unspecified atom stereocenters. The number of hydrogen-bond acceptors (Lipinski definition) is 1. The van der Waals surface area contributed by atoms with E-state index in [1.54, 1.807) is 0 Å². The molecule has 0 amide bonds. The smallest absolute Gasteiger partial charge is 0.303 e. The molecule has 4 aliphatic rings. The Morgan fingerprint density at radius 3 is 2.43 bits per heavy atom. The third kappa shape index (κ3) is 3.12. The third-order valence-electron chi connectivity index (χ3n) is 10.1. The normalized spacial score (nSPS) is 51.7. The van der Waals surface area contributed by atoms with Crippen molar-refractivity contribution in [3.8, 4) is 0 Å². The van der Waals surface area contributed by atoms with E-state index in [4.69, 9.17) is 5.11 Å². The van der Waals surface area contributed by atoms with Crippen LogP contribution in [0.4, 0.5) is 8.78 Å². The quantitative estimate of drug-likeness (QED) is 0.594. The van der Waals surface area contributed by atoms with Crippen molar-refractivity contribution in [1.82, 2.24) is 0 Å². The number of halogens is 2. The van der Waals surface area contributed by atoms with Gasteiger partial charge in [0, 0.05) is 6.42 Å². The highest BCUT2D eigenvalue weighted by Crippen LogP contribution is 2.68. The molecule has 4 saturated carbocycles. The average Bonchev–Trinajstić information content (AvgIpc) is 2.98. The summed E-state index contributed by atoms with van der Waals surface area (Å²) < 4.78 is 29.6. The van der Waals surface area contributed by atoms with Gasteiger partial charge in [-0.25, -0.2) is 8.78 Å². The van der Waals surface area contributed by atoms with Crippen molar-refractivity contribution < 1.29 is 18.7 Å². The summed E-state index contributed by atoms with van der Waals surface area (Å²) in [6, 6.07) is 0. The minimum atomic E-state index is -0.786. The van der Waals surface area contributed by atoms with Crippen LogP contribution < -0.4 is 0 Å². The lowest BCUT2D eigenvalue weighted by molar-refractivity contribution is -0.153. The highest BCUT2D eigenvalue weighted by molar-refractivity contribution is 5.66. The minimum Gasteiger partial charge on any atom is -0.481 e. The van der Waals surface area contributed by atoms with E-state index >= 15 is 4.39 Å². The van der Waals surface area contributed by atoms with Gasteiger partial charge in [0.2, 0.25) is 0 Å². The van der Waals surface area contributed by atoms with Gasteiger partial charge in [0.25, 0.3) is 0 Å². The minimum absolute atomic E-state index is 0.115. The Morgan fingerprint density at radius 2 is 1.71 bits per heavy atom. The Morgan fingerprint density at radius 1 is 1.04 bits per heavy atom. The van der Waals surface area contributed by atoms with Gasteiger partial charge in [0.15, 0.2) is 0 Å². The number of carboxylic acids is 1. The van der Waals surface area contributed by atoms with Crippen molar-refractivity contribution >= 4 is 5.97 Å². The first kappa shape index (κ1) is 20.6. The molecule has 160 valence electrons. The molecule has 0 aromatic heterocycles. The lowest BCUT2D eigenvalue weighted by atomic mass is 9.44. The van der Waals surface area contributed by atoms with Crippen LogP contribution in [0.2, 0.25) is 0 Å². The van der Waals surface area contributed by atoms with E-state index in [1.807, 2.05) is 0 Å². The number of hydrogen-bond donors (Lipinski definition) is 1. The summed E-state index contributed by atoms with van der Waals surface area (Å²) in [4.78, 5) is 11.0. The predicted octanol–water partition coefficient (Wildman–Crippen LogP) is 6.43. The molecule has 0 aliphatic heterocycles. The van der Waals surface area contributed by atoms with E-state index in [-0.39, 0.29) is 29.1 Å². The molecule has 2 nitrogen and oxygen atoms in total. The second kappa shape index (κ2) is 7.23. The molecule has 0 saturated heterocycles. The lowest BCUT2D eigenvalue weighted by Crippen LogP contribution is -2.57. The van der Waals surface area contributed by atoms with E-state index in [9.17, 15) is 9.18 Å². The van der Waals surface area contributed by atoms with Crippen LogP contribution in [0, 0.1) is 46.3 Å². The van der Waals surface area contributed by atoms with Crippen molar-refractivity contribution in [2.75, 3.05) is 0 Å². The Balaban J connectivity index is 1.55. The number of rotatable bonds is 4. The fraction of sp³-hybridized carbons (Fsp3) is 0.958. The van der Waals surface area contributed by atoms with Gasteiger partial charge >= 0.3 is 5.97 Å². The molecule has 0 aromatic rings. The zero-order valence-electron chi connectivity index (χ0n) is 17.8. The monoisotopic (exact) mass is 396 g/mol. The molecule has 1 N–H and O–H groups in total. The maximum atomic E-state index is 15.6. The fourth-order valence-electron chi connectivity index (χ4n) is 8.65. The van der Waals surface area contributed by atoms with Crippen LogP contribution in [-0.2, 0) is 4.79 Å². The molecule has 10 atom stereocenters. The van der Waals surface area contributed by atoms with Crippen molar-refractivity contribution in [2.24, 2.45) is 46.3 Å². The zero-order valence-corrected chi connectivity index (χ0v) is 17.8. The summed E-state index contributed by atoms with van der Waals surface area (Å²) in [6.07, 6.45) is 6.57. The fourth-order valence-corrected chi connectivity index (χ4v) is 8.65. The van der Waals surface area contributed by atoms with Crippen LogP contribution in [0.25, 0.3) is 0 Å². The highest BCUT2D eigenvalue weighted by atomic mass is 19.1. The molecular formula is C24H38F2O2. The first-order valence-corrected chi connectivity index (χ1v) is 11.7. The topological polar surface area (TPSA) is 37.3 Å². The number of carboxylic acid groups (broad SMARTS) is 1. The summed E-state index contributed by atoms with van der Waals surface area (Å²) in [6.45, 7) is 6.93. The second-order valence-corrected chi connectivity index (χ2v) is 11.3. The summed E-state index contributed by atoms with van der Waals surface area (Å²) in [7, 11) is 0. The first-order chi connectivity index (χ1) is 13.2. The number of fused-ring (bicyclic) bond motifs is 5. The molecule has 28 heavy (non-hydrogen) atoms. The van der Waals surface area contributed by atoms with Gasteiger partial charge in [0.05, 0.1) is 0 Å². The van der Waals surface area contributed by atoms with Crippen molar-refractivity contribution in [3.05, 3.63) is 0 Å². The summed E-state index contributed by atoms with van der Waals surface area (Å²) in [5.41, 5.74) is 0.258. The average molecular weight is 397 g/mol. The van der Waals surface area contributed by atoms with E-state index in [0.29, 0.717) is 42.9 Å². The number of aliphatic carboxylic acids is 1. The molecule has 4 fully saturated rings. The SMILES string of the molecule is CC(CCC(=O)O)C1CCC2C3C(F)CC4CC(F)CCC4(C)C3CCC12C. The maximum absolute atomic E-state index is 15.6. The van der Waals surface area contributed by atoms with E-state index in [1.165, 1.54) is 0 Å². The molecule has 4 heteroatoms. The van der Waals surface area contributed by atoms with Crippen molar-refractivity contribution in [3.63, 3.8) is 0 Å². The largest absolute Gasteiger partial charge is 0.481 e. The van der Waals surface area contributed by atoms with Crippen LogP contribution in [0.1, 0.15) is 85.0 Å². The first-order valence-electron chi connectivity index (χ1n) is 11.7. The van der Waals surface area contributed by atoms with Gasteiger partial charge in [-0.15, -0.1) is 0 Å². The molecule has 0 aromatic carbocycles. The molecule has 0 spiro atoms. The molecular weight excluding hydrogens is 358 g/mol. The standard InChI is InChI=1S/C24H38F2O2/c1-14(4-7-21(27)28)17-5-6-18-22-19(9-11-24(17,18)3)23(2)10-8-16(25)12-15(23)13-20(22)26/h14-20,22H,4-13H2,1-3H3,(H,27,28). The summed E-state index contributed by atoms with van der Waals surface area (Å²) in [5, 5.41) is 9.07. The van der Waals surface area contributed by atoms with Crippen LogP contribution in [-0.4, -0.2) is 23.4 Å². The van der Waals surface area contributed by atoms with E-state index in [0.717, 1.165) is 38.5 Å². The molecule has 0 heterocycles. The van der Waals surface area contributed by atoms with Crippen molar-refractivity contribution in [2.45, 2.75) is 97.3 Å². The van der Waals surface area contributed by atoms with Crippen LogP contribution >= 0.6 is 0 Å². The van der Waals surface area contributed by atoms with Crippen LogP contribution in [0.3, 0.4) is 0 Å². The van der Waals surface area contributed by atoms with Crippen LogP contribution in [0.5, 0.6) is 0 Å². The number of alkyl halides is 2. The van der Waals surface area contributed by atoms with Gasteiger partial charge in [-0.05, 0) is 104 Å². The molecule has 0 radical (unpaired) electrons. The van der Waals surface area contributed by atoms with Gasteiger partial charge in [-0.3, -0.25) is 4.79 Å². The van der Waals surface area contributed by atoms with Gasteiger partial charge in [-0.1, -0.05) is 20.8 Å². The lowest BCUT2D eigenvalue weighted by Gasteiger charge is -2.61. The van der Waals surface area contributed by atoms with E-state index in [2.05, 4.69) is 20.8 Å². The van der Waals surface area contributed by atoms with Gasteiger partial charge in [-0.2, -0.15) is 0 Å². The third-order valence-corrected chi connectivity index (χ3v) is 10.1. The Hall–Kier alpha value is -0.670. The van der Waals surface area contributed by atoms with Crippen LogP contribution in [0.15, 0.2) is 0 Å². The van der Waals surface area contributed by atoms with Gasteiger partial charge in [0.1, 0.15) is 12.3 Å². The van der Waals surface area contributed by atoms with E-state index < -0.39 is 18.3 Å². The molecule has 4 aliphatic carbocycles. The number of carbonyl (C=O) groups is 1. The predicted molar refractivity (Wildman–Crippen MR) is 106 cm³/mol. The zero-order chi connectivity index (χ0) is 20.3. The Bertz CT molecular complexity index is 609. The molecule has 0 bridgehead atoms. The Labute approximate surface area is 168 Å². The summed E-state index contributed by atoms with van der Waals surface area (Å²) >= 11 is 0. The van der Waals surface area contributed by atoms with Gasteiger partial charge < -0.3 is 5.11 Å². The Kier molecular flexibility index (Phi) is 5.32. The maximum Gasteiger partial charge on any atom is 0.303 e. The highest BCUT2D eigenvalue weighted by Gasteiger charge is 2.63. The van der Waals surface area contributed by atoms with Crippen molar-refractivity contribution in [1.29, 1.82) is 0 Å². The second-order valence-electron chi connectivity index (χ2n) is 11.3.